The van der Waals surface area contributed by atoms with Gasteiger partial charge in [0.2, 0.25) is 29.5 Å². The highest BCUT2D eigenvalue weighted by Crippen LogP contribution is 2.26. The first-order valence-electron chi connectivity index (χ1n) is 15.7. The fourth-order valence-electron chi connectivity index (χ4n) is 5.39. The molecule has 1 aromatic carbocycles. The lowest BCUT2D eigenvalue weighted by molar-refractivity contribution is -0.139. The molecule has 2 atom stereocenters. The lowest BCUT2D eigenvalue weighted by Crippen LogP contribution is -2.56. The molecule has 6 amide bonds. The summed E-state index contributed by atoms with van der Waals surface area (Å²) in [6.45, 7) is 6.64. The molecule has 0 bridgehead atoms. The molecule has 7 N–H and O–H groups in total. The zero-order valence-corrected chi connectivity index (χ0v) is 27.1. The molecule has 0 spiro atoms. The Morgan fingerprint density at radius 3 is 2.02 bits per heavy atom. The molecule has 1 aromatic rings. The average Bonchev–Trinajstić information content (AvgIpc) is 3.01. The molecule has 0 aliphatic heterocycles. The maximum atomic E-state index is 13.6. The minimum Gasteiger partial charge on any atom is -0.478 e. The van der Waals surface area contributed by atoms with E-state index >= 15 is 0 Å². The van der Waals surface area contributed by atoms with E-state index in [0.717, 1.165) is 32.1 Å². The molecule has 14 nitrogen and oxygen atoms in total. The maximum Gasteiger partial charge on any atom is 0.336 e. The van der Waals surface area contributed by atoms with Gasteiger partial charge < -0.3 is 37.0 Å². The van der Waals surface area contributed by atoms with Crippen LogP contribution in [0.1, 0.15) is 93.4 Å². The number of carbonyl (C=O) groups excluding carboxylic acids is 6. The summed E-state index contributed by atoms with van der Waals surface area (Å²) < 4.78 is 0. The first-order valence-corrected chi connectivity index (χ1v) is 15.7. The van der Waals surface area contributed by atoms with E-state index in [9.17, 15) is 38.7 Å². The molecular formula is C32H48N6O8. The highest BCUT2D eigenvalue weighted by atomic mass is 16.4. The molecule has 1 fully saturated rings. The van der Waals surface area contributed by atoms with Crippen molar-refractivity contribution in [2.24, 2.45) is 17.1 Å². The Morgan fingerprint density at radius 1 is 0.870 bits per heavy atom. The van der Waals surface area contributed by atoms with E-state index in [0.29, 0.717) is 13.0 Å². The van der Waals surface area contributed by atoms with E-state index in [2.05, 4.69) is 21.3 Å². The lowest BCUT2D eigenvalue weighted by Gasteiger charge is -2.35. The van der Waals surface area contributed by atoms with Crippen LogP contribution in [0.3, 0.4) is 0 Å². The van der Waals surface area contributed by atoms with Gasteiger partial charge in [0.05, 0.1) is 24.2 Å². The van der Waals surface area contributed by atoms with Crippen molar-refractivity contribution in [3.05, 3.63) is 35.4 Å². The zero-order chi connectivity index (χ0) is 34.4. The Morgan fingerprint density at radius 2 is 1.46 bits per heavy atom. The second-order valence-corrected chi connectivity index (χ2v) is 12.6. The Hall–Kier alpha value is -4.49. The smallest absolute Gasteiger partial charge is 0.336 e. The summed E-state index contributed by atoms with van der Waals surface area (Å²) in [5.74, 6) is -4.75. The van der Waals surface area contributed by atoms with Crippen molar-refractivity contribution < 1.29 is 38.7 Å². The summed E-state index contributed by atoms with van der Waals surface area (Å²) >= 11 is 0. The number of primary amides is 1. The van der Waals surface area contributed by atoms with Gasteiger partial charge in [-0.05, 0) is 42.7 Å². The molecule has 254 valence electrons. The molecule has 14 heteroatoms. The highest BCUT2D eigenvalue weighted by Gasteiger charge is 2.36. The number of carboxylic acid groups (broad SMARTS) is 1. The van der Waals surface area contributed by atoms with Gasteiger partial charge in [-0.3, -0.25) is 28.8 Å². The molecule has 2 rings (SSSR count). The number of benzene rings is 1. The number of hydrogen-bond donors (Lipinski definition) is 6. The van der Waals surface area contributed by atoms with Crippen LogP contribution < -0.4 is 27.0 Å². The topological polar surface area (TPSA) is 217 Å². The number of amides is 6. The van der Waals surface area contributed by atoms with E-state index < -0.39 is 65.5 Å². The third-order valence-electron chi connectivity index (χ3n) is 7.83. The van der Waals surface area contributed by atoms with Crippen LogP contribution in [0.25, 0.3) is 0 Å². The van der Waals surface area contributed by atoms with E-state index in [1.54, 1.807) is 20.8 Å². The van der Waals surface area contributed by atoms with Gasteiger partial charge in [0.1, 0.15) is 12.1 Å². The van der Waals surface area contributed by atoms with Crippen LogP contribution in [0.4, 0.5) is 0 Å². The first kappa shape index (κ1) is 37.7. The monoisotopic (exact) mass is 644 g/mol. The van der Waals surface area contributed by atoms with Gasteiger partial charge in [-0.25, -0.2) is 4.79 Å². The summed E-state index contributed by atoms with van der Waals surface area (Å²) in [5.41, 5.74) is 4.47. The Balaban J connectivity index is 1.95. The number of carboxylic acids is 1. The fraction of sp³-hybridized carbons (Fsp3) is 0.594. The Bertz CT molecular complexity index is 1270. The summed E-state index contributed by atoms with van der Waals surface area (Å²) in [4.78, 5) is 89.0. The zero-order valence-electron chi connectivity index (χ0n) is 27.1. The number of nitrogens with zero attached hydrogens (tertiary/aromatic N) is 1. The van der Waals surface area contributed by atoms with Crippen molar-refractivity contribution >= 4 is 41.4 Å². The number of hydrogen-bond acceptors (Lipinski definition) is 7. The molecule has 0 radical (unpaired) electrons. The number of nitrogens with one attached hydrogen (secondary N) is 4. The van der Waals surface area contributed by atoms with Crippen LogP contribution in [-0.4, -0.2) is 89.7 Å². The van der Waals surface area contributed by atoms with Crippen LogP contribution >= 0.6 is 0 Å². The molecule has 1 saturated carbocycles. The standard InChI is InChI=1S/C32H48N6O8/c1-5-16-38(17-15-23(39)34-18-24(40)36-26(28(33)42)20-11-7-6-8-12-20)30(44)27(32(2,3)4)37-25(41)19-35-29(43)21-13-9-10-14-22(21)31(45)46/h9-10,13-14,20,26-27H,5-8,11-12,15-19H2,1-4H3,(H2,33,42)(H,34,39)(H,35,43)(H,36,40)(H,37,41)(H,45,46). The van der Waals surface area contributed by atoms with Gasteiger partial charge in [-0.2, -0.15) is 0 Å². The minimum absolute atomic E-state index is 0.0251. The molecule has 0 saturated heterocycles. The second-order valence-electron chi connectivity index (χ2n) is 12.6. The molecule has 0 aromatic heterocycles. The summed E-state index contributed by atoms with van der Waals surface area (Å²) in [7, 11) is 0. The summed E-state index contributed by atoms with van der Waals surface area (Å²) in [6.07, 6.45) is 5.08. The van der Waals surface area contributed by atoms with E-state index in [4.69, 9.17) is 5.73 Å². The van der Waals surface area contributed by atoms with Gasteiger partial charge in [-0.15, -0.1) is 0 Å². The van der Waals surface area contributed by atoms with Gasteiger partial charge in [0.15, 0.2) is 0 Å². The van der Waals surface area contributed by atoms with Crippen molar-refractivity contribution in [1.29, 1.82) is 0 Å². The van der Waals surface area contributed by atoms with Crippen LogP contribution in [0.2, 0.25) is 0 Å². The number of carbonyl (C=O) groups is 7. The fourth-order valence-corrected chi connectivity index (χ4v) is 5.39. The normalized spacial score (nSPS) is 14.7. The third kappa shape index (κ3) is 11.8. The highest BCUT2D eigenvalue weighted by molar-refractivity contribution is 6.05. The lowest BCUT2D eigenvalue weighted by atomic mass is 9.83. The Kier molecular flexibility index (Phi) is 14.6. The largest absolute Gasteiger partial charge is 0.478 e. The molecule has 0 heterocycles. The van der Waals surface area contributed by atoms with Crippen LogP contribution in [0.5, 0.6) is 0 Å². The van der Waals surface area contributed by atoms with Crippen LogP contribution in [0.15, 0.2) is 24.3 Å². The van der Waals surface area contributed by atoms with Crippen LogP contribution in [0, 0.1) is 11.3 Å². The van der Waals surface area contributed by atoms with Crippen LogP contribution in [-0.2, 0) is 24.0 Å². The van der Waals surface area contributed by atoms with Crippen molar-refractivity contribution in [3.63, 3.8) is 0 Å². The first-order chi connectivity index (χ1) is 21.6. The molecule has 2 unspecified atom stereocenters. The van der Waals surface area contributed by atoms with Gasteiger partial charge >= 0.3 is 5.97 Å². The van der Waals surface area contributed by atoms with Crippen molar-refractivity contribution in [2.45, 2.75) is 84.7 Å². The van der Waals surface area contributed by atoms with E-state index in [1.165, 1.54) is 29.2 Å². The molecular weight excluding hydrogens is 596 g/mol. The predicted molar refractivity (Wildman–Crippen MR) is 169 cm³/mol. The number of rotatable bonds is 16. The summed E-state index contributed by atoms with van der Waals surface area (Å²) in [5, 5.41) is 19.6. The maximum absolute atomic E-state index is 13.6. The molecule has 46 heavy (non-hydrogen) atoms. The number of nitrogens with two attached hydrogens (primary N) is 1. The minimum atomic E-state index is -1.28. The summed E-state index contributed by atoms with van der Waals surface area (Å²) in [6, 6.07) is 3.80. The average molecular weight is 645 g/mol. The van der Waals surface area contributed by atoms with Gasteiger partial charge in [-0.1, -0.05) is 59.1 Å². The molecule has 1 aliphatic rings. The second kappa shape index (κ2) is 17.9. The van der Waals surface area contributed by atoms with E-state index in [-0.39, 0.29) is 36.6 Å². The number of aromatic carboxylic acids is 1. The predicted octanol–water partition coefficient (Wildman–Crippen LogP) is 0.941. The third-order valence-corrected chi connectivity index (χ3v) is 7.83. The molecule has 1 aliphatic carbocycles. The van der Waals surface area contributed by atoms with E-state index in [1.807, 2.05) is 6.92 Å². The van der Waals surface area contributed by atoms with Crippen molar-refractivity contribution in [1.82, 2.24) is 26.2 Å². The van der Waals surface area contributed by atoms with Gasteiger partial charge in [0, 0.05) is 19.5 Å². The quantitative estimate of drug-likeness (QED) is 0.152. The van der Waals surface area contributed by atoms with Gasteiger partial charge in [0.25, 0.3) is 5.91 Å². The van der Waals surface area contributed by atoms with Crippen molar-refractivity contribution in [3.8, 4) is 0 Å². The SMILES string of the molecule is CCCN(CCC(=O)NCC(=O)NC(C(N)=O)C1CCCCC1)C(=O)C(NC(=O)CNC(=O)c1ccccc1C(=O)O)C(C)(C)C. The van der Waals surface area contributed by atoms with Crippen molar-refractivity contribution in [2.75, 3.05) is 26.2 Å². The Labute approximate surface area is 269 Å².